The van der Waals surface area contributed by atoms with Crippen LogP contribution in [-0.4, -0.2) is 35.8 Å². The lowest BCUT2D eigenvalue weighted by molar-refractivity contribution is -0.121. The van der Waals surface area contributed by atoms with E-state index in [9.17, 15) is 9.59 Å². The molecule has 2 heterocycles. The van der Waals surface area contributed by atoms with Crippen LogP contribution in [0.3, 0.4) is 0 Å². The fourth-order valence-corrected chi connectivity index (χ4v) is 5.92. The maximum atomic E-state index is 12.9. The number of carbonyl (C=O) groups is 2. The molecule has 0 bridgehead atoms. The van der Waals surface area contributed by atoms with E-state index in [0.717, 1.165) is 57.2 Å². The number of piperidine rings is 1. The summed E-state index contributed by atoms with van der Waals surface area (Å²) in [4.78, 5) is 28.3. The first-order valence-corrected chi connectivity index (χ1v) is 11.4. The number of hydrogen-bond acceptors (Lipinski definition) is 4. The van der Waals surface area contributed by atoms with Crippen LogP contribution in [0, 0.1) is 5.92 Å². The molecular weight excluding hydrogens is 382 g/mol. The van der Waals surface area contributed by atoms with Gasteiger partial charge in [0.1, 0.15) is 5.00 Å². The number of fused-ring (bicyclic) bond motifs is 1. The predicted molar refractivity (Wildman–Crippen MR) is 117 cm³/mol. The number of primary amides is 1. The molecule has 3 N–H and O–H groups in total. The molecule has 2 aromatic rings. The summed E-state index contributed by atoms with van der Waals surface area (Å²) in [6.45, 7) is 3.81. The van der Waals surface area contributed by atoms with Crippen LogP contribution in [0.4, 0.5) is 5.00 Å². The van der Waals surface area contributed by atoms with Crippen LogP contribution in [0.1, 0.15) is 52.5 Å². The van der Waals surface area contributed by atoms with E-state index in [1.165, 1.54) is 21.8 Å². The highest BCUT2D eigenvalue weighted by Crippen LogP contribution is 2.39. The third-order valence-electron chi connectivity index (χ3n) is 6.35. The molecule has 4 rings (SSSR count). The summed E-state index contributed by atoms with van der Waals surface area (Å²) < 4.78 is 0. The lowest BCUT2D eigenvalue weighted by atomic mass is 9.89. The number of nitrogens with one attached hydrogen (secondary N) is 1. The van der Waals surface area contributed by atoms with Crippen molar-refractivity contribution in [2.24, 2.45) is 11.7 Å². The zero-order chi connectivity index (χ0) is 20.4. The van der Waals surface area contributed by atoms with Crippen LogP contribution in [0.2, 0.25) is 0 Å². The maximum Gasteiger partial charge on any atom is 0.251 e. The molecule has 1 atom stereocenters. The highest BCUT2D eigenvalue weighted by Gasteiger charge is 2.30. The molecule has 0 radical (unpaired) electrons. The van der Waals surface area contributed by atoms with Crippen LogP contribution in [0.5, 0.6) is 0 Å². The number of thiophene rings is 1. The minimum absolute atomic E-state index is 0.0473. The normalized spacial score (nSPS) is 18.4. The van der Waals surface area contributed by atoms with Crippen molar-refractivity contribution >= 4 is 28.2 Å². The fourth-order valence-electron chi connectivity index (χ4n) is 4.63. The Labute approximate surface area is 176 Å². The van der Waals surface area contributed by atoms with E-state index < -0.39 is 5.91 Å². The predicted octanol–water partition coefficient (Wildman–Crippen LogP) is 3.62. The molecule has 0 saturated carbocycles. The molecule has 6 heteroatoms. The van der Waals surface area contributed by atoms with Gasteiger partial charge in [0.05, 0.1) is 11.6 Å². The van der Waals surface area contributed by atoms with Crippen molar-refractivity contribution in [2.75, 3.05) is 18.4 Å². The summed E-state index contributed by atoms with van der Waals surface area (Å²) in [5.74, 6) is 0.189. The molecule has 2 amide bonds. The van der Waals surface area contributed by atoms with Crippen molar-refractivity contribution in [2.45, 2.75) is 51.5 Å². The largest absolute Gasteiger partial charge is 0.365 e. The van der Waals surface area contributed by atoms with E-state index in [1.807, 2.05) is 6.92 Å². The van der Waals surface area contributed by atoms with E-state index in [-0.39, 0.29) is 11.9 Å². The monoisotopic (exact) mass is 411 g/mol. The second-order valence-corrected chi connectivity index (χ2v) is 9.37. The summed E-state index contributed by atoms with van der Waals surface area (Å²) in [6, 6.07) is 10.4. The van der Waals surface area contributed by atoms with Gasteiger partial charge in [-0.05, 0) is 75.6 Å². The van der Waals surface area contributed by atoms with Crippen molar-refractivity contribution in [3.63, 3.8) is 0 Å². The van der Waals surface area contributed by atoms with Crippen LogP contribution < -0.4 is 11.1 Å². The van der Waals surface area contributed by atoms with Gasteiger partial charge in [0.25, 0.3) is 5.91 Å². The average molecular weight is 412 g/mol. The molecule has 2 aliphatic rings. The molecule has 1 saturated heterocycles. The Morgan fingerprint density at radius 3 is 2.62 bits per heavy atom. The zero-order valence-corrected chi connectivity index (χ0v) is 17.8. The van der Waals surface area contributed by atoms with Gasteiger partial charge in [0.2, 0.25) is 5.91 Å². The van der Waals surface area contributed by atoms with Gasteiger partial charge in [-0.1, -0.05) is 30.3 Å². The second kappa shape index (κ2) is 8.67. The summed E-state index contributed by atoms with van der Waals surface area (Å²) in [6.07, 6.45) is 6.23. The zero-order valence-electron chi connectivity index (χ0n) is 16.9. The third-order valence-corrected chi connectivity index (χ3v) is 7.56. The highest BCUT2D eigenvalue weighted by atomic mass is 32.1. The van der Waals surface area contributed by atoms with Crippen molar-refractivity contribution in [3.8, 4) is 0 Å². The van der Waals surface area contributed by atoms with E-state index in [1.54, 1.807) is 0 Å². The number of hydrogen-bond donors (Lipinski definition) is 2. The molecule has 0 spiro atoms. The number of likely N-dealkylation sites (tertiary alicyclic amines) is 1. The lowest BCUT2D eigenvalue weighted by Crippen LogP contribution is -2.46. The molecule has 1 unspecified atom stereocenters. The first kappa shape index (κ1) is 20.1. The summed E-state index contributed by atoms with van der Waals surface area (Å²) in [5.41, 5.74) is 8.58. The number of amides is 2. The Morgan fingerprint density at radius 2 is 1.93 bits per heavy atom. The number of nitrogens with two attached hydrogens (primary N) is 1. The van der Waals surface area contributed by atoms with Gasteiger partial charge >= 0.3 is 0 Å². The number of benzene rings is 1. The van der Waals surface area contributed by atoms with E-state index in [0.29, 0.717) is 16.5 Å². The summed E-state index contributed by atoms with van der Waals surface area (Å²) in [5, 5.41) is 3.64. The Kier molecular flexibility index (Phi) is 6.01. The first-order valence-electron chi connectivity index (χ1n) is 10.6. The van der Waals surface area contributed by atoms with E-state index >= 15 is 0 Å². The first-order chi connectivity index (χ1) is 14.0. The van der Waals surface area contributed by atoms with Gasteiger partial charge in [-0.3, -0.25) is 14.5 Å². The molecule has 29 heavy (non-hydrogen) atoms. The fraction of sp³-hybridized carbons (Fsp3) is 0.478. The van der Waals surface area contributed by atoms with Crippen LogP contribution in [0.15, 0.2) is 30.3 Å². The Hall–Kier alpha value is -2.18. The lowest BCUT2D eigenvalue weighted by Gasteiger charge is -2.35. The minimum atomic E-state index is -0.436. The second-order valence-electron chi connectivity index (χ2n) is 8.26. The molecule has 1 aliphatic carbocycles. The molecule has 1 aliphatic heterocycles. The van der Waals surface area contributed by atoms with E-state index in [2.05, 4.69) is 40.5 Å². The van der Waals surface area contributed by atoms with Crippen LogP contribution in [0.25, 0.3) is 0 Å². The number of carbonyl (C=O) groups excluding carboxylic acids is 2. The van der Waals surface area contributed by atoms with Gasteiger partial charge in [-0.25, -0.2) is 0 Å². The van der Waals surface area contributed by atoms with Gasteiger partial charge < -0.3 is 11.1 Å². The molecular formula is C23H29N3O2S. The molecule has 5 nitrogen and oxygen atoms in total. The average Bonchev–Trinajstić information content (AvgIpc) is 3.29. The SMILES string of the molecule is CC(C(=O)Nc1sc2c(c1C(N)=O)CCC2)N1CCC(Cc2ccccc2)CC1. The van der Waals surface area contributed by atoms with Crippen LogP contribution >= 0.6 is 11.3 Å². The molecule has 1 aromatic carbocycles. The van der Waals surface area contributed by atoms with Crippen molar-refractivity contribution < 1.29 is 9.59 Å². The highest BCUT2D eigenvalue weighted by molar-refractivity contribution is 7.17. The van der Waals surface area contributed by atoms with Crippen LogP contribution in [-0.2, 0) is 24.1 Å². The molecule has 154 valence electrons. The summed E-state index contributed by atoms with van der Waals surface area (Å²) in [7, 11) is 0. The third kappa shape index (κ3) is 4.38. The Morgan fingerprint density at radius 1 is 1.21 bits per heavy atom. The maximum absolute atomic E-state index is 12.9. The van der Waals surface area contributed by atoms with E-state index in [4.69, 9.17) is 5.73 Å². The van der Waals surface area contributed by atoms with Gasteiger partial charge in [-0.15, -0.1) is 11.3 Å². The Bertz CT molecular complexity index is 885. The van der Waals surface area contributed by atoms with Crippen molar-refractivity contribution in [1.82, 2.24) is 4.90 Å². The van der Waals surface area contributed by atoms with Crippen molar-refractivity contribution in [1.29, 1.82) is 0 Å². The quantitative estimate of drug-likeness (QED) is 0.762. The Balaban J connectivity index is 1.34. The number of anilines is 1. The number of rotatable bonds is 6. The van der Waals surface area contributed by atoms with Crippen molar-refractivity contribution in [3.05, 3.63) is 51.9 Å². The van der Waals surface area contributed by atoms with Gasteiger partial charge in [-0.2, -0.15) is 0 Å². The van der Waals surface area contributed by atoms with Gasteiger partial charge in [0, 0.05) is 4.88 Å². The number of nitrogens with zero attached hydrogens (tertiary/aromatic N) is 1. The topological polar surface area (TPSA) is 75.4 Å². The number of aryl methyl sites for hydroxylation is 1. The minimum Gasteiger partial charge on any atom is -0.365 e. The summed E-state index contributed by atoms with van der Waals surface area (Å²) >= 11 is 1.52. The standard InChI is InChI=1S/C23H29N3O2S/c1-15(26-12-10-17(11-13-26)14-16-6-3-2-4-7-16)22(28)25-23-20(21(24)27)18-8-5-9-19(18)29-23/h2-4,6-7,15,17H,5,8-14H2,1H3,(H2,24,27)(H,25,28). The van der Waals surface area contributed by atoms with Gasteiger partial charge in [0.15, 0.2) is 0 Å². The smallest absolute Gasteiger partial charge is 0.251 e. The molecule has 1 aromatic heterocycles. The molecule has 1 fully saturated rings.